The van der Waals surface area contributed by atoms with E-state index in [9.17, 15) is 8.42 Å². The lowest BCUT2D eigenvalue weighted by Gasteiger charge is -2.34. The lowest BCUT2D eigenvalue weighted by atomic mass is 10.1. The van der Waals surface area contributed by atoms with Crippen LogP contribution in [0.15, 0.2) is 17.1 Å². The molecule has 0 radical (unpaired) electrons. The van der Waals surface area contributed by atoms with Crippen LogP contribution in [0.3, 0.4) is 0 Å². The van der Waals surface area contributed by atoms with Crippen molar-refractivity contribution < 1.29 is 22.3 Å². The van der Waals surface area contributed by atoms with Gasteiger partial charge < -0.3 is 13.9 Å². The van der Waals surface area contributed by atoms with Crippen LogP contribution in [-0.4, -0.2) is 78.4 Å². The third kappa shape index (κ3) is 3.72. The van der Waals surface area contributed by atoms with E-state index in [-0.39, 0.29) is 6.54 Å². The molecule has 2 aliphatic rings. The highest BCUT2D eigenvalue weighted by Crippen LogP contribution is 2.31. The molecule has 0 atom stereocenters. The molecule has 1 saturated heterocycles. The SMILES string of the molecule is COCCCn1nc(-c2cocn2)c2c1CCN(S(=O)(=O)N1CCOCC1)C2. The standard InChI is InChI=1S/C17H25N5O5S/c1-25-8-2-4-22-16-3-5-21(28(23,24)20-6-9-26-10-7-20)11-14(16)17(19-22)15-12-27-13-18-15/h12-13H,2-11H2,1H3. The van der Waals surface area contributed by atoms with E-state index in [0.717, 1.165) is 17.7 Å². The van der Waals surface area contributed by atoms with Crippen molar-refractivity contribution in [3.63, 3.8) is 0 Å². The summed E-state index contributed by atoms with van der Waals surface area (Å²) >= 11 is 0. The Labute approximate surface area is 164 Å². The van der Waals surface area contributed by atoms with E-state index in [0.29, 0.717) is 63.8 Å². The first-order chi connectivity index (χ1) is 13.6. The van der Waals surface area contributed by atoms with Gasteiger partial charge in [0.25, 0.3) is 10.2 Å². The molecule has 0 aromatic carbocycles. The van der Waals surface area contributed by atoms with Crippen LogP contribution in [0.4, 0.5) is 0 Å². The molecule has 0 saturated carbocycles. The molecule has 11 heteroatoms. The van der Waals surface area contributed by atoms with E-state index in [2.05, 4.69) is 4.98 Å². The zero-order valence-corrected chi connectivity index (χ0v) is 16.7. The number of hydrogen-bond donors (Lipinski definition) is 0. The van der Waals surface area contributed by atoms with Gasteiger partial charge in [-0.2, -0.15) is 22.1 Å². The molecule has 2 aliphatic heterocycles. The zero-order chi connectivity index (χ0) is 19.6. The van der Waals surface area contributed by atoms with Gasteiger partial charge in [-0.1, -0.05) is 0 Å². The summed E-state index contributed by atoms with van der Waals surface area (Å²) in [7, 11) is -1.86. The van der Waals surface area contributed by atoms with Gasteiger partial charge in [0.15, 0.2) is 6.39 Å². The first-order valence-electron chi connectivity index (χ1n) is 9.40. The Morgan fingerprint density at radius 2 is 2.04 bits per heavy atom. The molecule has 4 rings (SSSR count). The number of aromatic nitrogens is 3. The van der Waals surface area contributed by atoms with Crippen molar-refractivity contribution in [3.8, 4) is 11.4 Å². The van der Waals surface area contributed by atoms with Crippen LogP contribution >= 0.6 is 0 Å². The van der Waals surface area contributed by atoms with Crippen molar-refractivity contribution in [1.82, 2.24) is 23.4 Å². The monoisotopic (exact) mass is 411 g/mol. The van der Waals surface area contributed by atoms with Crippen LogP contribution in [0.25, 0.3) is 11.4 Å². The number of aryl methyl sites for hydroxylation is 1. The van der Waals surface area contributed by atoms with Crippen molar-refractivity contribution in [2.45, 2.75) is 25.9 Å². The second kappa shape index (κ2) is 8.29. The highest BCUT2D eigenvalue weighted by Gasteiger charge is 2.36. The van der Waals surface area contributed by atoms with Gasteiger partial charge in [-0.25, -0.2) is 4.98 Å². The minimum atomic E-state index is -3.54. The van der Waals surface area contributed by atoms with Gasteiger partial charge >= 0.3 is 0 Å². The Balaban J connectivity index is 1.63. The summed E-state index contributed by atoms with van der Waals surface area (Å²) in [4.78, 5) is 4.22. The second-order valence-corrected chi connectivity index (χ2v) is 8.75. The third-order valence-electron chi connectivity index (χ3n) is 5.11. The highest BCUT2D eigenvalue weighted by molar-refractivity contribution is 7.86. The lowest BCUT2D eigenvalue weighted by Crippen LogP contribution is -2.49. The summed E-state index contributed by atoms with van der Waals surface area (Å²) in [5, 5.41) is 4.72. The average Bonchev–Trinajstić information content (AvgIpc) is 3.36. The van der Waals surface area contributed by atoms with Gasteiger partial charge in [-0.15, -0.1) is 0 Å². The topological polar surface area (TPSA) is 103 Å². The number of fused-ring (bicyclic) bond motifs is 1. The summed E-state index contributed by atoms with van der Waals surface area (Å²) in [5.74, 6) is 0. The van der Waals surface area contributed by atoms with E-state index >= 15 is 0 Å². The molecule has 2 aromatic heterocycles. The van der Waals surface area contributed by atoms with Crippen molar-refractivity contribution >= 4 is 10.2 Å². The summed E-state index contributed by atoms with van der Waals surface area (Å²) < 4.78 is 46.7. The van der Waals surface area contributed by atoms with Crippen LogP contribution in [0, 0.1) is 0 Å². The molecule has 2 aromatic rings. The van der Waals surface area contributed by atoms with Gasteiger partial charge in [0.2, 0.25) is 0 Å². The van der Waals surface area contributed by atoms with E-state index in [1.165, 1.54) is 21.3 Å². The Hall–Kier alpha value is -1.79. The van der Waals surface area contributed by atoms with Gasteiger partial charge in [0.1, 0.15) is 17.7 Å². The molecule has 0 unspecified atom stereocenters. The first-order valence-corrected chi connectivity index (χ1v) is 10.8. The molecule has 10 nitrogen and oxygen atoms in total. The number of nitrogens with zero attached hydrogens (tertiary/aromatic N) is 5. The minimum absolute atomic E-state index is 0.279. The minimum Gasteiger partial charge on any atom is -0.451 e. The van der Waals surface area contributed by atoms with Crippen molar-refractivity contribution in [2.24, 2.45) is 0 Å². The molecule has 0 N–H and O–H groups in total. The van der Waals surface area contributed by atoms with Crippen LogP contribution in [0.5, 0.6) is 0 Å². The van der Waals surface area contributed by atoms with Crippen molar-refractivity contribution in [3.05, 3.63) is 23.9 Å². The van der Waals surface area contributed by atoms with E-state index < -0.39 is 10.2 Å². The summed E-state index contributed by atoms with van der Waals surface area (Å²) in [6.07, 6.45) is 4.34. The predicted molar refractivity (Wildman–Crippen MR) is 99.6 cm³/mol. The third-order valence-corrected chi connectivity index (χ3v) is 7.10. The van der Waals surface area contributed by atoms with Gasteiger partial charge in [0, 0.05) is 64.1 Å². The first kappa shape index (κ1) is 19.5. The molecule has 0 aliphatic carbocycles. The summed E-state index contributed by atoms with van der Waals surface area (Å²) in [6, 6.07) is 0. The van der Waals surface area contributed by atoms with Crippen LogP contribution in [0.2, 0.25) is 0 Å². The Kier molecular flexibility index (Phi) is 5.78. The van der Waals surface area contributed by atoms with Gasteiger partial charge in [0.05, 0.1) is 13.2 Å². The fraction of sp³-hybridized carbons (Fsp3) is 0.647. The maximum Gasteiger partial charge on any atom is 0.282 e. The molecular weight excluding hydrogens is 386 g/mol. The predicted octanol–water partition coefficient (Wildman–Crippen LogP) is 0.510. The molecule has 154 valence electrons. The van der Waals surface area contributed by atoms with Gasteiger partial charge in [-0.05, 0) is 6.42 Å². The summed E-state index contributed by atoms with van der Waals surface area (Å²) in [6.45, 7) is 3.70. The van der Waals surface area contributed by atoms with Crippen LogP contribution < -0.4 is 0 Å². The largest absolute Gasteiger partial charge is 0.451 e. The molecule has 1 fully saturated rings. The molecular formula is C17H25N5O5S. The number of morpholine rings is 1. The molecule has 28 heavy (non-hydrogen) atoms. The number of ether oxygens (including phenoxy) is 2. The fourth-order valence-corrected chi connectivity index (χ4v) is 5.23. The quantitative estimate of drug-likeness (QED) is 0.612. The normalized spacial score (nSPS) is 19.0. The average molecular weight is 411 g/mol. The van der Waals surface area contributed by atoms with Crippen LogP contribution in [0.1, 0.15) is 17.7 Å². The summed E-state index contributed by atoms with van der Waals surface area (Å²) in [5.41, 5.74) is 3.26. The number of hydrogen-bond acceptors (Lipinski definition) is 7. The van der Waals surface area contributed by atoms with Crippen molar-refractivity contribution in [2.75, 3.05) is 46.6 Å². The number of methoxy groups -OCH3 is 1. The van der Waals surface area contributed by atoms with Gasteiger partial charge in [-0.3, -0.25) is 4.68 Å². The molecule has 0 amide bonds. The van der Waals surface area contributed by atoms with E-state index in [1.54, 1.807) is 7.11 Å². The molecule has 0 spiro atoms. The van der Waals surface area contributed by atoms with E-state index in [4.69, 9.17) is 19.0 Å². The smallest absolute Gasteiger partial charge is 0.282 e. The molecule has 0 bridgehead atoms. The number of rotatable bonds is 7. The zero-order valence-electron chi connectivity index (χ0n) is 15.9. The Morgan fingerprint density at radius 3 is 2.75 bits per heavy atom. The number of oxazole rings is 1. The van der Waals surface area contributed by atoms with E-state index in [1.807, 2.05) is 4.68 Å². The maximum absolute atomic E-state index is 13.1. The molecule has 4 heterocycles. The highest BCUT2D eigenvalue weighted by atomic mass is 32.2. The second-order valence-electron chi connectivity index (χ2n) is 6.82. The lowest BCUT2D eigenvalue weighted by molar-refractivity contribution is 0.0698. The Bertz CT molecular complexity index is 889. The van der Waals surface area contributed by atoms with Crippen molar-refractivity contribution in [1.29, 1.82) is 0 Å². The van der Waals surface area contributed by atoms with Crippen LogP contribution in [-0.2, 0) is 39.2 Å². The Morgan fingerprint density at radius 1 is 1.21 bits per heavy atom. The maximum atomic E-state index is 13.1. The fourth-order valence-electron chi connectivity index (χ4n) is 3.68.